The Kier molecular flexibility index (Phi) is 2.54. The lowest BCUT2D eigenvalue weighted by atomic mass is 10.3. The van der Waals surface area contributed by atoms with Crippen molar-refractivity contribution in [3.8, 4) is 16.7 Å². The number of rotatable bonds is 2. The summed E-state index contributed by atoms with van der Waals surface area (Å²) in [6.07, 6.45) is 0. The van der Waals surface area contributed by atoms with Crippen LogP contribution in [0.15, 0.2) is 28.7 Å². The first kappa shape index (κ1) is 11.8. The summed E-state index contributed by atoms with van der Waals surface area (Å²) < 4.78 is 7.57. The van der Waals surface area contributed by atoms with E-state index in [9.17, 15) is 4.79 Å². The second-order valence-corrected chi connectivity index (χ2v) is 5.36. The number of ketones is 1. The number of aryl methyl sites for hydroxylation is 1. The third kappa shape index (κ3) is 1.77. The summed E-state index contributed by atoms with van der Waals surface area (Å²) in [5.41, 5.74) is 2.20. The number of fused-ring (bicyclic) bond motifs is 1. The van der Waals surface area contributed by atoms with Crippen molar-refractivity contribution < 1.29 is 9.21 Å². The molecule has 0 aliphatic rings. The third-order valence-corrected chi connectivity index (χ3v) is 4.05. The van der Waals surface area contributed by atoms with Crippen LogP contribution < -0.4 is 0 Å². The van der Waals surface area contributed by atoms with Crippen LogP contribution in [-0.4, -0.2) is 10.4 Å². The van der Waals surface area contributed by atoms with Gasteiger partial charge in [0, 0.05) is 26.1 Å². The number of hydrogen-bond acceptors (Lipinski definition) is 4. The van der Waals surface area contributed by atoms with E-state index in [1.807, 2.05) is 23.7 Å². The van der Waals surface area contributed by atoms with E-state index >= 15 is 0 Å². The zero-order chi connectivity index (χ0) is 13.6. The van der Waals surface area contributed by atoms with Gasteiger partial charge in [-0.1, -0.05) is 0 Å². The molecule has 0 bridgehead atoms. The first-order chi connectivity index (χ1) is 9.10. The van der Waals surface area contributed by atoms with Crippen molar-refractivity contribution >= 4 is 28.2 Å². The van der Waals surface area contributed by atoms with Crippen LogP contribution in [-0.2, 0) is 7.05 Å². The molecule has 0 radical (unpaired) electrons. The topological polar surface area (TPSA) is 58.9 Å². The van der Waals surface area contributed by atoms with Gasteiger partial charge >= 0.3 is 0 Å². The summed E-state index contributed by atoms with van der Waals surface area (Å²) in [5.74, 6) is 0.737. The second kappa shape index (κ2) is 4.11. The van der Waals surface area contributed by atoms with E-state index in [0.717, 1.165) is 16.2 Å². The van der Waals surface area contributed by atoms with Crippen molar-refractivity contribution in [2.24, 2.45) is 7.05 Å². The van der Waals surface area contributed by atoms with Gasteiger partial charge in [0.2, 0.25) is 0 Å². The fourth-order valence-electron chi connectivity index (χ4n) is 2.10. The van der Waals surface area contributed by atoms with E-state index in [-0.39, 0.29) is 5.78 Å². The highest BCUT2D eigenvalue weighted by atomic mass is 32.1. The van der Waals surface area contributed by atoms with E-state index in [1.165, 1.54) is 18.3 Å². The molecule has 0 fully saturated rings. The highest BCUT2D eigenvalue weighted by molar-refractivity contribution is 7.15. The van der Waals surface area contributed by atoms with Gasteiger partial charge in [0.15, 0.2) is 11.4 Å². The standard InChI is InChI=1S/C14H10N2O2S/c1-8(17)10-5-12-11(16(10)2)6-13(18-12)14-4-3-9(7-15)19-14/h3-6H,1-2H3. The molecule has 19 heavy (non-hydrogen) atoms. The van der Waals surface area contributed by atoms with Crippen molar-refractivity contribution in [2.45, 2.75) is 6.92 Å². The zero-order valence-corrected chi connectivity index (χ0v) is 11.2. The molecule has 0 saturated carbocycles. The molecule has 0 saturated heterocycles. The predicted molar refractivity (Wildman–Crippen MR) is 73.2 cm³/mol. The van der Waals surface area contributed by atoms with Gasteiger partial charge in [-0.3, -0.25) is 4.79 Å². The number of Topliss-reactive ketones (excluding diaryl/α,β-unsaturated/α-hetero) is 1. The van der Waals surface area contributed by atoms with E-state index in [2.05, 4.69) is 6.07 Å². The number of hydrogen-bond donors (Lipinski definition) is 0. The summed E-state index contributed by atoms with van der Waals surface area (Å²) >= 11 is 1.39. The Labute approximate surface area is 113 Å². The lowest BCUT2D eigenvalue weighted by molar-refractivity contribution is 0.101. The van der Waals surface area contributed by atoms with Crippen molar-refractivity contribution in [1.82, 2.24) is 4.57 Å². The average molecular weight is 270 g/mol. The summed E-state index contributed by atoms with van der Waals surface area (Å²) in [4.78, 5) is 13.0. The third-order valence-electron chi connectivity index (χ3n) is 3.05. The Bertz CT molecular complexity index is 829. The van der Waals surface area contributed by atoms with Crippen LogP contribution in [0.4, 0.5) is 0 Å². The number of thiophene rings is 1. The van der Waals surface area contributed by atoms with Crippen molar-refractivity contribution in [3.63, 3.8) is 0 Å². The lowest BCUT2D eigenvalue weighted by Crippen LogP contribution is -2.00. The minimum atomic E-state index is 0.0124. The van der Waals surface area contributed by atoms with Crippen LogP contribution in [0.2, 0.25) is 0 Å². The number of nitriles is 1. The lowest BCUT2D eigenvalue weighted by Gasteiger charge is -1.97. The van der Waals surface area contributed by atoms with Gasteiger partial charge < -0.3 is 8.98 Å². The Balaban J connectivity index is 2.13. The number of nitrogens with zero attached hydrogens (tertiary/aromatic N) is 2. The molecule has 0 aromatic carbocycles. The first-order valence-corrected chi connectivity index (χ1v) is 6.52. The molecule has 3 heterocycles. The first-order valence-electron chi connectivity index (χ1n) is 5.70. The summed E-state index contributed by atoms with van der Waals surface area (Å²) in [7, 11) is 1.84. The summed E-state index contributed by atoms with van der Waals surface area (Å²) in [6, 6.07) is 9.39. The molecule has 0 aliphatic carbocycles. The van der Waals surface area contributed by atoms with Gasteiger partial charge in [-0.05, 0) is 12.1 Å². The maximum Gasteiger partial charge on any atom is 0.176 e. The number of carbonyl (C=O) groups is 1. The number of aromatic nitrogens is 1. The van der Waals surface area contributed by atoms with Gasteiger partial charge in [0.05, 0.1) is 16.1 Å². The van der Waals surface area contributed by atoms with Crippen molar-refractivity contribution in [3.05, 3.63) is 34.8 Å². The molecular weight excluding hydrogens is 260 g/mol. The van der Waals surface area contributed by atoms with Crippen LogP contribution in [0, 0.1) is 11.3 Å². The molecule has 0 N–H and O–H groups in total. The van der Waals surface area contributed by atoms with E-state index < -0.39 is 0 Å². The maximum atomic E-state index is 11.4. The molecule has 0 spiro atoms. The van der Waals surface area contributed by atoms with Crippen LogP contribution in [0.5, 0.6) is 0 Å². The quantitative estimate of drug-likeness (QED) is 0.669. The van der Waals surface area contributed by atoms with Gasteiger partial charge in [-0.25, -0.2) is 0 Å². The number of furan rings is 1. The highest BCUT2D eigenvalue weighted by Crippen LogP contribution is 2.33. The van der Waals surface area contributed by atoms with E-state index in [1.54, 1.807) is 12.1 Å². The summed E-state index contributed by atoms with van der Waals surface area (Å²) in [5, 5.41) is 8.83. The van der Waals surface area contributed by atoms with E-state index in [0.29, 0.717) is 16.2 Å². The van der Waals surface area contributed by atoms with Crippen molar-refractivity contribution in [1.29, 1.82) is 5.26 Å². The van der Waals surface area contributed by atoms with Gasteiger partial charge in [-0.2, -0.15) is 5.26 Å². The molecule has 3 aromatic rings. The molecule has 0 amide bonds. The second-order valence-electron chi connectivity index (χ2n) is 4.28. The molecular formula is C14H10N2O2S. The minimum absolute atomic E-state index is 0.0124. The molecule has 0 unspecified atom stereocenters. The van der Waals surface area contributed by atoms with Crippen LogP contribution in [0.25, 0.3) is 21.7 Å². The molecule has 4 nitrogen and oxygen atoms in total. The summed E-state index contributed by atoms with van der Waals surface area (Å²) in [6.45, 7) is 1.54. The Morgan fingerprint density at radius 2 is 2.21 bits per heavy atom. The molecule has 5 heteroatoms. The van der Waals surface area contributed by atoms with Gasteiger partial charge in [-0.15, -0.1) is 11.3 Å². The Morgan fingerprint density at radius 1 is 1.42 bits per heavy atom. The highest BCUT2D eigenvalue weighted by Gasteiger charge is 2.15. The van der Waals surface area contributed by atoms with Crippen LogP contribution in [0.1, 0.15) is 22.3 Å². The monoisotopic (exact) mass is 270 g/mol. The Hall–Kier alpha value is -2.32. The molecule has 0 atom stereocenters. The Morgan fingerprint density at radius 3 is 2.79 bits per heavy atom. The largest absolute Gasteiger partial charge is 0.454 e. The van der Waals surface area contributed by atoms with Gasteiger partial charge in [0.25, 0.3) is 0 Å². The molecule has 3 rings (SSSR count). The molecule has 94 valence electrons. The van der Waals surface area contributed by atoms with E-state index in [4.69, 9.17) is 9.68 Å². The predicted octanol–water partition coefficient (Wildman–Crippen LogP) is 3.57. The zero-order valence-electron chi connectivity index (χ0n) is 10.4. The molecule has 0 aliphatic heterocycles. The maximum absolute atomic E-state index is 11.4. The SMILES string of the molecule is CC(=O)c1cc2oc(-c3ccc(C#N)s3)cc2n1C. The van der Waals surface area contributed by atoms with Crippen LogP contribution >= 0.6 is 11.3 Å². The molecule has 3 aromatic heterocycles. The van der Waals surface area contributed by atoms with Gasteiger partial charge in [0.1, 0.15) is 16.7 Å². The fourth-order valence-corrected chi connectivity index (χ4v) is 2.86. The average Bonchev–Trinajstić information content (AvgIpc) is 3.04. The number of carbonyl (C=O) groups excluding carboxylic acids is 1. The minimum Gasteiger partial charge on any atom is -0.454 e. The van der Waals surface area contributed by atoms with Crippen LogP contribution in [0.3, 0.4) is 0 Å². The normalized spacial score (nSPS) is 10.8. The smallest absolute Gasteiger partial charge is 0.176 e. The fraction of sp³-hybridized carbons (Fsp3) is 0.143. The van der Waals surface area contributed by atoms with Crippen molar-refractivity contribution in [2.75, 3.05) is 0 Å².